The summed E-state index contributed by atoms with van der Waals surface area (Å²) in [7, 11) is 1.45. The number of hydrogen-bond acceptors (Lipinski definition) is 3. The minimum atomic E-state index is -0.751. The van der Waals surface area contributed by atoms with Gasteiger partial charge in [-0.3, -0.25) is 9.59 Å². The van der Waals surface area contributed by atoms with Crippen molar-refractivity contribution in [3.63, 3.8) is 0 Å². The maximum absolute atomic E-state index is 11.1. The maximum atomic E-state index is 11.1. The second-order valence-electron chi connectivity index (χ2n) is 3.87. The smallest absolute Gasteiger partial charge is 0.306 e. The number of carbonyl (C=O) groups is 2. The molecule has 0 aromatic carbocycles. The number of hydrogen-bond donors (Lipinski definition) is 2. The molecule has 1 aliphatic rings. The van der Waals surface area contributed by atoms with Crippen molar-refractivity contribution in [3.05, 3.63) is 0 Å². The highest BCUT2D eigenvalue weighted by Crippen LogP contribution is 2.31. The van der Waals surface area contributed by atoms with Gasteiger partial charge in [0.1, 0.15) is 6.61 Å². The molecule has 1 fully saturated rings. The third kappa shape index (κ3) is 3.51. The molecule has 2 unspecified atom stereocenters. The van der Waals surface area contributed by atoms with Crippen LogP contribution in [-0.4, -0.2) is 37.2 Å². The number of aliphatic carboxylic acids is 1. The molecule has 1 aliphatic carbocycles. The molecule has 0 bridgehead atoms. The van der Waals surface area contributed by atoms with Crippen LogP contribution in [0.1, 0.15) is 19.3 Å². The predicted molar refractivity (Wildman–Crippen MR) is 53.4 cm³/mol. The van der Waals surface area contributed by atoms with Crippen molar-refractivity contribution in [2.24, 2.45) is 11.8 Å². The van der Waals surface area contributed by atoms with Crippen LogP contribution in [0.15, 0.2) is 0 Å². The molecule has 0 aromatic rings. The molecule has 2 atom stereocenters. The predicted octanol–water partition coefficient (Wildman–Crippen LogP) is 0.250. The van der Waals surface area contributed by atoms with Crippen LogP contribution in [0.25, 0.3) is 0 Å². The van der Waals surface area contributed by atoms with Crippen molar-refractivity contribution >= 4 is 11.9 Å². The minimum absolute atomic E-state index is 0.0322. The largest absolute Gasteiger partial charge is 0.481 e. The lowest BCUT2D eigenvalue weighted by Gasteiger charge is -2.15. The molecular formula is C10H17NO4. The average molecular weight is 215 g/mol. The first kappa shape index (κ1) is 12.0. The van der Waals surface area contributed by atoms with E-state index in [0.717, 1.165) is 19.3 Å². The molecule has 5 nitrogen and oxygen atoms in total. The van der Waals surface area contributed by atoms with E-state index >= 15 is 0 Å². The van der Waals surface area contributed by atoms with Gasteiger partial charge in [0.05, 0.1) is 5.92 Å². The topological polar surface area (TPSA) is 75.6 Å². The van der Waals surface area contributed by atoms with E-state index in [1.807, 2.05) is 0 Å². The Morgan fingerprint density at radius 3 is 2.80 bits per heavy atom. The Morgan fingerprint density at radius 2 is 2.20 bits per heavy atom. The first-order valence-corrected chi connectivity index (χ1v) is 5.13. The summed E-state index contributed by atoms with van der Waals surface area (Å²) < 4.78 is 4.66. The summed E-state index contributed by atoms with van der Waals surface area (Å²) in [6.07, 6.45) is 2.53. The van der Waals surface area contributed by atoms with E-state index in [4.69, 9.17) is 5.11 Å². The molecule has 5 heteroatoms. The van der Waals surface area contributed by atoms with Crippen LogP contribution < -0.4 is 5.32 Å². The SMILES string of the molecule is COCC(=O)NCC1CCCC1C(=O)O. The fraction of sp³-hybridized carbons (Fsp3) is 0.800. The van der Waals surface area contributed by atoms with E-state index in [9.17, 15) is 9.59 Å². The molecule has 1 rings (SSSR count). The normalized spacial score (nSPS) is 25.1. The zero-order chi connectivity index (χ0) is 11.3. The van der Waals surface area contributed by atoms with Gasteiger partial charge in [0, 0.05) is 13.7 Å². The molecule has 1 amide bonds. The van der Waals surface area contributed by atoms with Crippen molar-refractivity contribution in [2.75, 3.05) is 20.3 Å². The van der Waals surface area contributed by atoms with Crippen molar-refractivity contribution < 1.29 is 19.4 Å². The van der Waals surface area contributed by atoms with E-state index in [1.54, 1.807) is 0 Å². The van der Waals surface area contributed by atoms with Crippen LogP contribution in [0.2, 0.25) is 0 Å². The second-order valence-corrected chi connectivity index (χ2v) is 3.87. The van der Waals surface area contributed by atoms with Gasteiger partial charge in [-0.1, -0.05) is 6.42 Å². The number of amides is 1. The van der Waals surface area contributed by atoms with Crippen molar-refractivity contribution in [1.29, 1.82) is 0 Å². The van der Waals surface area contributed by atoms with Crippen LogP contribution in [0, 0.1) is 11.8 Å². The van der Waals surface area contributed by atoms with Crippen LogP contribution in [0.5, 0.6) is 0 Å². The third-order valence-corrected chi connectivity index (χ3v) is 2.81. The van der Waals surface area contributed by atoms with Crippen LogP contribution in [0.3, 0.4) is 0 Å². The van der Waals surface area contributed by atoms with E-state index in [1.165, 1.54) is 7.11 Å². The summed E-state index contributed by atoms with van der Waals surface area (Å²) >= 11 is 0. The number of rotatable bonds is 5. The highest BCUT2D eigenvalue weighted by Gasteiger charge is 2.32. The Hall–Kier alpha value is -1.10. The first-order valence-electron chi connectivity index (χ1n) is 5.13. The standard InChI is InChI=1S/C10H17NO4/c1-15-6-9(12)11-5-7-3-2-4-8(7)10(13)14/h7-8H,2-6H2,1H3,(H,11,12)(H,13,14). The molecule has 86 valence electrons. The van der Waals surface area contributed by atoms with Crippen LogP contribution >= 0.6 is 0 Å². The molecule has 0 aromatic heterocycles. The molecule has 0 heterocycles. The number of nitrogens with one attached hydrogen (secondary N) is 1. The van der Waals surface area contributed by atoms with Gasteiger partial charge in [-0.15, -0.1) is 0 Å². The second kappa shape index (κ2) is 5.70. The summed E-state index contributed by atoms with van der Waals surface area (Å²) in [6.45, 7) is 0.476. The van der Waals surface area contributed by atoms with Crippen molar-refractivity contribution in [2.45, 2.75) is 19.3 Å². The molecule has 1 saturated carbocycles. The van der Waals surface area contributed by atoms with E-state index < -0.39 is 5.97 Å². The Kier molecular flexibility index (Phi) is 4.55. The Morgan fingerprint density at radius 1 is 1.47 bits per heavy atom. The number of ether oxygens (including phenoxy) is 1. The Bertz CT molecular complexity index is 242. The molecule has 15 heavy (non-hydrogen) atoms. The summed E-state index contributed by atoms with van der Waals surface area (Å²) in [6, 6.07) is 0. The zero-order valence-corrected chi connectivity index (χ0v) is 8.86. The van der Waals surface area contributed by atoms with E-state index in [2.05, 4.69) is 10.1 Å². The fourth-order valence-corrected chi connectivity index (χ4v) is 2.03. The number of carboxylic acids is 1. The van der Waals surface area contributed by atoms with E-state index in [0.29, 0.717) is 6.54 Å². The Labute approximate surface area is 88.8 Å². The average Bonchev–Trinajstić information content (AvgIpc) is 2.63. The first-order chi connectivity index (χ1) is 7.15. The third-order valence-electron chi connectivity index (χ3n) is 2.81. The monoisotopic (exact) mass is 215 g/mol. The van der Waals surface area contributed by atoms with Crippen LogP contribution in [0.4, 0.5) is 0 Å². The van der Waals surface area contributed by atoms with Gasteiger partial charge >= 0.3 is 5.97 Å². The minimum Gasteiger partial charge on any atom is -0.481 e. The summed E-state index contributed by atoms with van der Waals surface area (Å²) in [4.78, 5) is 21.9. The molecule has 0 saturated heterocycles. The van der Waals surface area contributed by atoms with Crippen LogP contribution in [-0.2, 0) is 14.3 Å². The highest BCUT2D eigenvalue weighted by atomic mass is 16.5. The van der Waals surface area contributed by atoms with Crippen molar-refractivity contribution in [3.8, 4) is 0 Å². The maximum Gasteiger partial charge on any atom is 0.306 e. The summed E-state index contributed by atoms with van der Waals surface area (Å²) in [5, 5.41) is 11.6. The zero-order valence-electron chi connectivity index (χ0n) is 8.86. The Balaban J connectivity index is 2.31. The van der Waals surface area contributed by atoms with Gasteiger partial charge in [-0.05, 0) is 18.8 Å². The van der Waals surface area contributed by atoms with Gasteiger partial charge < -0.3 is 15.2 Å². The number of methoxy groups -OCH3 is 1. The molecule has 0 radical (unpaired) electrons. The summed E-state index contributed by atoms with van der Waals surface area (Å²) in [5.74, 6) is -1.16. The summed E-state index contributed by atoms with van der Waals surface area (Å²) in [5.41, 5.74) is 0. The fourth-order valence-electron chi connectivity index (χ4n) is 2.03. The lowest BCUT2D eigenvalue weighted by Crippen LogP contribution is -2.34. The van der Waals surface area contributed by atoms with Gasteiger partial charge in [-0.2, -0.15) is 0 Å². The molecule has 0 spiro atoms. The number of carbonyl (C=O) groups excluding carboxylic acids is 1. The number of carboxylic acid groups (broad SMARTS) is 1. The van der Waals surface area contributed by atoms with Gasteiger partial charge in [0.2, 0.25) is 5.91 Å². The highest BCUT2D eigenvalue weighted by molar-refractivity contribution is 5.77. The lowest BCUT2D eigenvalue weighted by molar-refractivity contribution is -0.143. The van der Waals surface area contributed by atoms with Gasteiger partial charge in [0.25, 0.3) is 0 Å². The molecule has 2 N–H and O–H groups in total. The van der Waals surface area contributed by atoms with Crippen molar-refractivity contribution in [1.82, 2.24) is 5.32 Å². The van der Waals surface area contributed by atoms with E-state index in [-0.39, 0.29) is 24.3 Å². The molecular weight excluding hydrogens is 198 g/mol. The lowest BCUT2D eigenvalue weighted by atomic mass is 9.96. The van der Waals surface area contributed by atoms with Gasteiger partial charge in [0.15, 0.2) is 0 Å². The quantitative estimate of drug-likeness (QED) is 0.689. The van der Waals surface area contributed by atoms with Gasteiger partial charge in [-0.25, -0.2) is 0 Å². The molecule has 0 aliphatic heterocycles.